The van der Waals surface area contributed by atoms with E-state index >= 15 is 0 Å². The first-order valence-corrected chi connectivity index (χ1v) is 7.22. The van der Waals surface area contributed by atoms with Gasteiger partial charge in [-0.25, -0.2) is 0 Å². The number of primary amides is 1. The molecule has 0 bridgehead atoms. The van der Waals surface area contributed by atoms with E-state index in [1.54, 1.807) is 0 Å². The molecule has 0 saturated carbocycles. The first-order chi connectivity index (χ1) is 9.49. The fourth-order valence-corrected chi connectivity index (χ4v) is 2.16. The number of carbonyl (C=O) groups excluding carboxylic acids is 2. The number of carbonyl (C=O) groups is 2. The van der Waals surface area contributed by atoms with Crippen LogP contribution < -0.4 is 15.8 Å². The van der Waals surface area contributed by atoms with Crippen molar-refractivity contribution in [3.63, 3.8) is 0 Å². The highest BCUT2D eigenvalue weighted by Crippen LogP contribution is 2.25. The van der Waals surface area contributed by atoms with E-state index in [0.717, 1.165) is 15.8 Å². The van der Waals surface area contributed by atoms with Gasteiger partial charge in [-0.1, -0.05) is 6.07 Å². The number of hydrogen-bond donors (Lipinski definition) is 2. The summed E-state index contributed by atoms with van der Waals surface area (Å²) in [5.41, 5.74) is 6.14. The number of halogens is 1. The summed E-state index contributed by atoms with van der Waals surface area (Å²) in [6.45, 7) is 2.76. The Morgan fingerprint density at radius 1 is 1.35 bits per heavy atom. The summed E-state index contributed by atoms with van der Waals surface area (Å²) in [5, 5.41) is 2.71. The molecule has 0 heterocycles. The van der Waals surface area contributed by atoms with Gasteiger partial charge in [0.05, 0.1) is 17.5 Å². The lowest BCUT2D eigenvalue weighted by Crippen LogP contribution is -2.26. The summed E-state index contributed by atoms with van der Waals surface area (Å²) in [6.07, 6.45) is 1.12. The van der Waals surface area contributed by atoms with Crippen LogP contribution in [0.4, 0.5) is 0 Å². The molecule has 0 saturated heterocycles. The highest BCUT2D eigenvalue weighted by molar-refractivity contribution is 9.10. The van der Waals surface area contributed by atoms with E-state index in [1.165, 1.54) is 0 Å². The molecule has 0 aliphatic rings. The molecule has 5 nitrogen and oxygen atoms in total. The average Bonchev–Trinajstić information content (AvgIpc) is 2.37. The molecule has 110 valence electrons. The van der Waals surface area contributed by atoms with Crippen LogP contribution >= 0.6 is 15.9 Å². The minimum absolute atomic E-state index is 0.0993. The van der Waals surface area contributed by atoms with E-state index in [4.69, 9.17) is 10.5 Å². The number of rotatable bonds is 8. The molecule has 0 unspecified atom stereocenters. The summed E-state index contributed by atoms with van der Waals surface area (Å²) in [7, 11) is 0. The van der Waals surface area contributed by atoms with E-state index in [2.05, 4.69) is 21.2 Å². The number of amides is 2. The number of aryl methyl sites for hydroxylation is 1. The monoisotopic (exact) mass is 342 g/mol. The molecule has 6 heteroatoms. The van der Waals surface area contributed by atoms with Gasteiger partial charge in [-0.2, -0.15) is 0 Å². The van der Waals surface area contributed by atoms with Crippen LogP contribution in [-0.2, 0) is 9.59 Å². The Balaban J connectivity index is 2.20. The number of benzene rings is 1. The minimum Gasteiger partial charge on any atom is -0.492 e. The molecule has 3 N–H and O–H groups in total. The molecule has 1 rings (SSSR count). The topological polar surface area (TPSA) is 81.4 Å². The largest absolute Gasteiger partial charge is 0.492 e. The summed E-state index contributed by atoms with van der Waals surface area (Å²) in [5.74, 6) is 0.265. The maximum Gasteiger partial charge on any atom is 0.223 e. The second-order valence-electron chi connectivity index (χ2n) is 4.45. The molecular weight excluding hydrogens is 324 g/mol. The SMILES string of the molecule is Cc1ccc(OCCC(=O)NCCCC(N)=O)c(Br)c1. The fraction of sp³-hybridized carbons (Fsp3) is 0.429. The molecule has 1 aromatic carbocycles. The molecule has 0 spiro atoms. The van der Waals surface area contributed by atoms with Crippen molar-refractivity contribution in [2.75, 3.05) is 13.2 Å². The molecule has 0 radical (unpaired) electrons. The van der Waals surface area contributed by atoms with Crippen molar-refractivity contribution in [3.8, 4) is 5.75 Å². The van der Waals surface area contributed by atoms with Crippen LogP contribution in [0.2, 0.25) is 0 Å². The van der Waals surface area contributed by atoms with Crippen molar-refractivity contribution in [2.24, 2.45) is 5.73 Å². The Bertz CT molecular complexity index is 477. The third-order valence-corrected chi connectivity index (χ3v) is 3.22. The molecule has 1 aromatic rings. The van der Waals surface area contributed by atoms with E-state index in [0.29, 0.717) is 19.6 Å². The van der Waals surface area contributed by atoms with E-state index in [1.807, 2.05) is 25.1 Å². The summed E-state index contributed by atoms with van der Waals surface area (Å²) < 4.78 is 6.40. The standard InChI is InChI=1S/C14H19BrN2O3/c1-10-4-5-12(11(15)9-10)20-8-6-14(19)17-7-2-3-13(16)18/h4-5,9H,2-3,6-8H2,1H3,(H2,16,18)(H,17,19). The van der Waals surface area contributed by atoms with Crippen LogP contribution in [0.3, 0.4) is 0 Å². The summed E-state index contributed by atoms with van der Waals surface area (Å²) >= 11 is 3.41. The molecule has 0 aromatic heterocycles. The summed E-state index contributed by atoms with van der Waals surface area (Å²) in [6, 6.07) is 5.77. The van der Waals surface area contributed by atoms with Crippen molar-refractivity contribution >= 4 is 27.7 Å². The van der Waals surface area contributed by atoms with Gasteiger partial charge in [-0.05, 0) is 47.0 Å². The van der Waals surface area contributed by atoms with Gasteiger partial charge in [0.15, 0.2) is 0 Å². The zero-order valence-electron chi connectivity index (χ0n) is 11.4. The van der Waals surface area contributed by atoms with Crippen LogP contribution in [0.5, 0.6) is 5.75 Å². The Kier molecular flexibility index (Phi) is 7.08. The lowest BCUT2D eigenvalue weighted by molar-refractivity contribution is -0.122. The van der Waals surface area contributed by atoms with Gasteiger partial charge in [0.1, 0.15) is 5.75 Å². The maximum atomic E-state index is 11.5. The van der Waals surface area contributed by atoms with E-state index in [9.17, 15) is 9.59 Å². The Labute approximate surface area is 127 Å². The van der Waals surface area contributed by atoms with Crippen molar-refractivity contribution in [1.29, 1.82) is 0 Å². The molecule has 0 aliphatic carbocycles. The van der Waals surface area contributed by atoms with Crippen LogP contribution in [0.1, 0.15) is 24.8 Å². The van der Waals surface area contributed by atoms with Crippen molar-refractivity contribution < 1.29 is 14.3 Å². The quantitative estimate of drug-likeness (QED) is 0.708. The normalized spacial score (nSPS) is 10.1. The smallest absolute Gasteiger partial charge is 0.223 e. The van der Waals surface area contributed by atoms with Crippen LogP contribution in [0, 0.1) is 6.92 Å². The van der Waals surface area contributed by atoms with Crippen LogP contribution in [0.25, 0.3) is 0 Å². The van der Waals surface area contributed by atoms with Gasteiger partial charge in [0, 0.05) is 13.0 Å². The predicted molar refractivity (Wildman–Crippen MR) is 80.4 cm³/mol. The lowest BCUT2D eigenvalue weighted by atomic mass is 10.2. The summed E-state index contributed by atoms with van der Waals surface area (Å²) in [4.78, 5) is 22.0. The zero-order valence-corrected chi connectivity index (χ0v) is 13.0. The van der Waals surface area contributed by atoms with Gasteiger partial charge in [0.2, 0.25) is 11.8 Å². The number of ether oxygens (including phenoxy) is 1. The van der Waals surface area contributed by atoms with Crippen LogP contribution in [0.15, 0.2) is 22.7 Å². The fourth-order valence-electron chi connectivity index (χ4n) is 1.56. The minimum atomic E-state index is -0.355. The Morgan fingerprint density at radius 3 is 2.75 bits per heavy atom. The van der Waals surface area contributed by atoms with Gasteiger partial charge in [0.25, 0.3) is 0 Å². The van der Waals surface area contributed by atoms with Gasteiger partial charge in [-0.3, -0.25) is 9.59 Å². The maximum absolute atomic E-state index is 11.5. The average molecular weight is 343 g/mol. The first kappa shape index (κ1) is 16.5. The molecule has 2 amide bonds. The van der Waals surface area contributed by atoms with Gasteiger partial charge < -0.3 is 15.8 Å². The first-order valence-electron chi connectivity index (χ1n) is 6.43. The van der Waals surface area contributed by atoms with Crippen molar-refractivity contribution in [2.45, 2.75) is 26.2 Å². The second-order valence-corrected chi connectivity index (χ2v) is 5.31. The number of nitrogens with two attached hydrogens (primary N) is 1. The van der Waals surface area contributed by atoms with Crippen LogP contribution in [-0.4, -0.2) is 25.0 Å². The molecule has 0 atom stereocenters. The third-order valence-electron chi connectivity index (χ3n) is 2.60. The number of nitrogens with one attached hydrogen (secondary N) is 1. The highest BCUT2D eigenvalue weighted by atomic mass is 79.9. The predicted octanol–water partition coefficient (Wildman–Crippen LogP) is 1.91. The highest BCUT2D eigenvalue weighted by Gasteiger charge is 2.04. The molecule has 0 aliphatic heterocycles. The lowest BCUT2D eigenvalue weighted by Gasteiger charge is -2.09. The van der Waals surface area contributed by atoms with Crippen molar-refractivity contribution in [3.05, 3.63) is 28.2 Å². The molecule has 20 heavy (non-hydrogen) atoms. The van der Waals surface area contributed by atoms with Gasteiger partial charge in [-0.15, -0.1) is 0 Å². The van der Waals surface area contributed by atoms with Crippen molar-refractivity contribution in [1.82, 2.24) is 5.32 Å². The zero-order chi connectivity index (χ0) is 15.0. The Hall–Kier alpha value is -1.56. The number of hydrogen-bond acceptors (Lipinski definition) is 3. The third kappa shape index (κ3) is 6.56. The second kappa shape index (κ2) is 8.58. The van der Waals surface area contributed by atoms with E-state index < -0.39 is 0 Å². The van der Waals surface area contributed by atoms with E-state index in [-0.39, 0.29) is 24.7 Å². The molecule has 0 fully saturated rings. The molecular formula is C14H19BrN2O3. The van der Waals surface area contributed by atoms with Gasteiger partial charge >= 0.3 is 0 Å². The Morgan fingerprint density at radius 2 is 2.10 bits per heavy atom.